The zero-order valence-electron chi connectivity index (χ0n) is 8.15. The fourth-order valence-corrected chi connectivity index (χ4v) is 5.50. The lowest BCUT2D eigenvalue weighted by molar-refractivity contribution is 1.36. The molecule has 0 spiro atoms. The van der Waals surface area contributed by atoms with Gasteiger partial charge in [-0.1, -0.05) is 42.0 Å². The largest absolute Gasteiger partial charge is 0.0835 e. The molecule has 1 heterocycles. The van der Waals surface area contributed by atoms with Crippen LogP contribution in [0.25, 0.3) is 0 Å². The molecule has 0 N–H and O–H groups in total. The second-order valence-electron chi connectivity index (χ2n) is 4.31. The molecule has 1 saturated heterocycles. The van der Waals surface area contributed by atoms with Crippen LogP contribution in [-0.2, 0) is 0 Å². The van der Waals surface area contributed by atoms with Crippen molar-refractivity contribution in [3.8, 4) is 0 Å². The van der Waals surface area contributed by atoms with Crippen molar-refractivity contribution in [2.45, 2.75) is 32.5 Å². The van der Waals surface area contributed by atoms with E-state index < -0.39 is 8.07 Å². The SMILES string of the molecule is Cc1cccc([Si]2(C)CC2)c1C. The van der Waals surface area contributed by atoms with Crippen LogP contribution in [-0.4, -0.2) is 8.07 Å². The zero-order valence-corrected chi connectivity index (χ0v) is 9.15. The van der Waals surface area contributed by atoms with Crippen LogP contribution in [0.3, 0.4) is 0 Å². The van der Waals surface area contributed by atoms with Crippen molar-refractivity contribution >= 4 is 13.3 Å². The maximum atomic E-state index is 2.51. The smallest absolute Gasteiger partial charge is 0.0652 e. The normalized spacial score (nSPS) is 19.2. The molecule has 2 rings (SSSR count). The van der Waals surface area contributed by atoms with E-state index in [-0.39, 0.29) is 0 Å². The number of benzene rings is 1. The van der Waals surface area contributed by atoms with Crippen molar-refractivity contribution in [3.63, 3.8) is 0 Å². The summed E-state index contributed by atoms with van der Waals surface area (Å²) in [6, 6.07) is 9.81. The summed E-state index contributed by atoms with van der Waals surface area (Å²) in [5.74, 6) is 0. The highest BCUT2D eigenvalue weighted by molar-refractivity contribution is 6.99. The maximum Gasteiger partial charge on any atom is 0.0835 e. The Hall–Kier alpha value is -0.563. The molecule has 12 heavy (non-hydrogen) atoms. The molecule has 1 aromatic rings. The lowest BCUT2D eigenvalue weighted by Crippen LogP contribution is -2.31. The summed E-state index contributed by atoms with van der Waals surface area (Å²) in [5.41, 5.74) is 3.03. The van der Waals surface area contributed by atoms with E-state index in [2.05, 4.69) is 38.6 Å². The van der Waals surface area contributed by atoms with Crippen molar-refractivity contribution in [2.75, 3.05) is 0 Å². The third-order valence-corrected chi connectivity index (χ3v) is 7.10. The van der Waals surface area contributed by atoms with E-state index in [9.17, 15) is 0 Å². The predicted octanol–water partition coefficient (Wildman–Crippen LogP) is 2.60. The molecule has 0 radical (unpaired) electrons. The van der Waals surface area contributed by atoms with Crippen molar-refractivity contribution in [1.82, 2.24) is 0 Å². The first-order valence-corrected chi connectivity index (χ1v) is 7.62. The van der Waals surface area contributed by atoms with Gasteiger partial charge in [0.05, 0.1) is 8.07 Å². The summed E-state index contributed by atoms with van der Waals surface area (Å²) >= 11 is 0. The van der Waals surface area contributed by atoms with Gasteiger partial charge in [0.1, 0.15) is 0 Å². The van der Waals surface area contributed by atoms with Crippen LogP contribution >= 0.6 is 0 Å². The third-order valence-electron chi connectivity index (χ3n) is 3.25. The van der Waals surface area contributed by atoms with Crippen LogP contribution in [0.15, 0.2) is 18.2 Å². The Morgan fingerprint density at radius 1 is 1.17 bits per heavy atom. The van der Waals surface area contributed by atoms with E-state index in [1.807, 2.05) is 0 Å². The van der Waals surface area contributed by atoms with Crippen molar-refractivity contribution < 1.29 is 0 Å². The first kappa shape index (κ1) is 8.05. The Kier molecular flexibility index (Phi) is 1.65. The van der Waals surface area contributed by atoms with Gasteiger partial charge in [0, 0.05) is 0 Å². The molecule has 1 fully saturated rings. The molecule has 0 aromatic heterocycles. The summed E-state index contributed by atoms with van der Waals surface area (Å²) in [6.45, 7) is 7.01. The summed E-state index contributed by atoms with van der Waals surface area (Å²) < 4.78 is 0. The summed E-state index contributed by atoms with van der Waals surface area (Å²) in [6.07, 6.45) is 0. The second kappa shape index (κ2) is 2.46. The molecule has 0 atom stereocenters. The third kappa shape index (κ3) is 1.12. The van der Waals surface area contributed by atoms with Crippen LogP contribution in [0, 0.1) is 13.8 Å². The van der Waals surface area contributed by atoms with E-state index in [4.69, 9.17) is 0 Å². The molecule has 1 aliphatic rings. The van der Waals surface area contributed by atoms with Crippen molar-refractivity contribution in [1.29, 1.82) is 0 Å². The molecule has 0 bridgehead atoms. The maximum absolute atomic E-state index is 2.51. The first-order valence-electron chi connectivity index (χ1n) is 4.70. The summed E-state index contributed by atoms with van der Waals surface area (Å²) in [4.78, 5) is 0. The highest BCUT2D eigenvalue weighted by Gasteiger charge is 2.42. The van der Waals surface area contributed by atoms with Crippen LogP contribution in [0.2, 0.25) is 18.6 Å². The Morgan fingerprint density at radius 2 is 1.83 bits per heavy atom. The number of hydrogen-bond acceptors (Lipinski definition) is 0. The standard InChI is InChI=1S/C11H16Si/c1-9-5-4-6-11(10(9)2)12(3)7-8-12/h4-6H,7-8H2,1-3H3. The minimum absolute atomic E-state index is 0.859. The lowest BCUT2D eigenvalue weighted by atomic mass is 10.1. The number of rotatable bonds is 1. The molecular formula is C11H16Si. The van der Waals surface area contributed by atoms with Crippen LogP contribution in [0.4, 0.5) is 0 Å². The van der Waals surface area contributed by atoms with E-state index in [0.29, 0.717) is 0 Å². The van der Waals surface area contributed by atoms with Gasteiger partial charge >= 0.3 is 0 Å². The molecule has 0 aliphatic carbocycles. The Morgan fingerprint density at radius 3 is 2.42 bits per heavy atom. The van der Waals surface area contributed by atoms with Gasteiger partial charge in [-0.2, -0.15) is 0 Å². The minimum atomic E-state index is -0.859. The number of hydrogen-bond donors (Lipinski definition) is 0. The van der Waals surface area contributed by atoms with Gasteiger partial charge in [-0.15, -0.1) is 0 Å². The minimum Gasteiger partial charge on any atom is -0.0652 e. The van der Waals surface area contributed by atoms with Gasteiger partial charge in [-0.05, 0) is 25.0 Å². The quantitative estimate of drug-likeness (QED) is 0.577. The highest BCUT2D eigenvalue weighted by atomic mass is 28.3. The molecule has 0 saturated carbocycles. The second-order valence-corrected chi connectivity index (χ2v) is 8.97. The molecule has 1 heteroatoms. The fraction of sp³-hybridized carbons (Fsp3) is 0.455. The Labute approximate surface area is 75.6 Å². The van der Waals surface area contributed by atoms with Crippen molar-refractivity contribution in [2.24, 2.45) is 0 Å². The molecule has 0 nitrogen and oxygen atoms in total. The summed E-state index contributed by atoms with van der Waals surface area (Å²) in [7, 11) is -0.859. The average molecular weight is 176 g/mol. The van der Waals surface area contributed by atoms with E-state index in [1.54, 1.807) is 10.8 Å². The van der Waals surface area contributed by atoms with Gasteiger partial charge in [0.25, 0.3) is 0 Å². The molecule has 0 amide bonds. The van der Waals surface area contributed by atoms with Gasteiger partial charge in [-0.25, -0.2) is 0 Å². The van der Waals surface area contributed by atoms with Gasteiger partial charge in [0.15, 0.2) is 0 Å². The summed E-state index contributed by atoms with van der Waals surface area (Å²) in [5, 5.41) is 1.71. The lowest BCUT2D eigenvalue weighted by Gasteiger charge is -2.12. The fourth-order valence-electron chi connectivity index (χ4n) is 1.86. The molecule has 1 aliphatic heterocycles. The zero-order chi connectivity index (χ0) is 8.77. The monoisotopic (exact) mass is 176 g/mol. The van der Waals surface area contributed by atoms with Gasteiger partial charge in [0.2, 0.25) is 0 Å². The van der Waals surface area contributed by atoms with Gasteiger partial charge < -0.3 is 0 Å². The average Bonchev–Trinajstić information content (AvgIpc) is 2.75. The highest BCUT2D eigenvalue weighted by Crippen LogP contribution is 2.36. The molecule has 64 valence electrons. The van der Waals surface area contributed by atoms with Crippen LogP contribution in [0.5, 0.6) is 0 Å². The van der Waals surface area contributed by atoms with Crippen molar-refractivity contribution in [3.05, 3.63) is 29.3 Å². The molecular weight excluding hydrogens is 160 g/mol. The van der Waals surface area contributed by atoms with Gasteiger partial charge in [-0.3, -0.25) is 0 Å². The van der Waals surface area contributed by atoms with Crippen LogP contribution in [0.1, 0.15) is 11.1 Å². The van der Waals surface area contributed by atoms with E-state index in [1.165, 1.54) is 17.7 Å². The van der Waals surface area contributed by atoms with Crippen LogP contribution < -0.4 is 5.19 Å². The Bertz CT molecular complexity index is 311. The predicted molar refractivity (Wildman–Crippen MR) is 56.8 cm³/mol. The first-order chi connectivity index (χ1) is 5.63. The van der Waals surface area contributed by atoms with E-state index in [0.717, 1.165) is 0 Å². The molecule has 0 unspecified atom stereocenters. The topological polar surface area (TPSA) is 0 Å². The van der Waals surface area contributed by atoms with E-state index >= 15 is 0 Å². The molecule has 1 aromatic carbocycles. The number of aryl methyl sites for hydroxylation is 1. The Balaban J connectivity index is 2.51.